The molecule has 0 aromatic carbocycles. The highest BCUT2D eigenvalue weighted by Crippen LogP contribution is 2.24. The summed E-state index contributed by atoms with van der Waals surface area (Å²) in [5.74, 6) is 0.823. The number of anilines is 1. The second kappa shape index (κ2) is 3.84. The maximum Gasteiger partial charge on any atom is 0.200 e. The molecule has 1 atom stereocenters. The van der Waals surface area contributed by atoms with E-state index in [1.54, 1.807) is 6.20 Å². The summed E-state index contributed by atoms with van der Waals surface area (Å²) >= 11 is 1.81. The highest BCUT2D eigenvalue weighted by Gasteiger charge is 2.07. The van der Waals surface area contributed by atoms with Gasteiger partial charge in [0.05, 0.1) is 6.04 Å². The Morgan fingerprint density at radius 2 is 2.36 bits per heavy atom. The van der Waals surface area contributed by atoms with E-state index in [4.69, 9.17) is 0 Å². The summed E-state index contributed by atoms with van der Waals surface area (Å²) in [4.78, 5) is 9.83. The number of thiophene rings is 1. The van der Waals surface area contributed by atoms with E-state index in [1.165, 1.54) is 9.75 Å². The van der Waals surface area contributed by atoms with Crippen molar-refractivity contribution in [2.75, 3.05) is 5.32 Å². The summed E-state index contributed by atoms with van der Waals surface area (Å²) in [5.41, 5.74) is 0. The van der Waals surface area contributed by atoms with Crippen LogP contribution in [-0.4, -0.2) is 9.97 Å². The van der Waals surface area contributed by atoms with E-state index in [1.807, 2.05) is 17.5 Å². The molecule has 0 amide bonds. The Morgan fingerprint density at radius 1 is 1.50 bits per heavy atom. The monoisotopic (exact) mass is 207 g/mol. The molecule has 74 valence electrons. The Balaban J connectivity index is 2.06. The van der Waals surface area contributed by atoms with E-state index in [0.717, 1.165) is 5.95 Å². The van der Waals surface area contributed by atoms with Gasteiger partial charge < -0.3 is 10.3 Å². The molecule has 4 heteroatoms. The van der Waals surface area contributed by atoms with E-state index in [-0.39, 0.29) is 0 Å². The Morgan fingerprint density at radius 3 is 2.93 bits per heavy atom. The number of hydrogen-bond acceptors (Lipinski definition) is 3. The van der Waals surface area contributed by atoms with Crippen molar-refractivity contribution in [3.8, 4) is 0 Å². The first-order chi connectivity index (χ1) is 6.75. The zero-order valence-corrected chi connectivity index (χ0v) is 9.06. The fourth-order valence-electron chi connectivity index (χ4n) is 1.31. The first kappa shape index (κ1) is 9.27. The van der Waals surface area contributed by atoms with Crippen molar-refractivity contribution in [2.24, 2.45) is 0 Å². The van der Waals surface area contributed by atoms with Crippen LogP contribution in [0.2, 0.25) is 0 Å². The van der Waals surface area contributed by atoms with Gasteiger partial charge in [-0.1, -0.05) is 0 Å². The lowest BCUT2D eigenvalue weighted by Gasteiger charge is -2.10. The molecule has 0 saturated heterocycles. The maximum atomic E-state index is 4.13. The molecule has 0 radical (unpaired) electrons. The SMILES string of the molecule is Cc1ccc(C(C)Nc2ncc[nH]2)s1. The summed E-state index contributed by atoms with van der Waals surface area (Å²) in [6.45, 7) is 4.25. The molecular formula is C10H13N3S. The van der Waals surface area contributed by atoms with Crippen LogP contribution in [0, 0.1) is 6.92 Å². The number of nitrogens with zero attached hydrogens (tertiary/aromatic N) is 1. The van der Waals surface area contributed by atoms with Crippen LogP contribution in [0.3, 0.4) is 0 Å². The smallest absolute Gasteiger partial charge is 0.200 e. The number of rotatable bonds is 3. The molecule has 0 aliphatic heterocycles. The van der Waals surface area contributed by atoms with Gasteiger partial charge >= 0.3 is 0 Å². The van der Waals surface area contributed by atoms with E-state index >= 15 is 0 Å². The first-order valence-corrected chi connectivity index (χ1v) is 5.39. The minimum atomic E-state index is 0.305. The van der Waals surface area contributed by atoms with Crippen LogP contribution in [0.1, 0.15) is 22.7 Å². The average Bonchev–Trinajstić information content (AvgIpc) is 2.75. The molecule has 1 unspecified atom stereocenters. The Kier molecular flexibility index (Phi) is 2.54. The summed E-state index contributed by atoms with van der Waals surface area (Å²) in [6, 6.07) is 4.60. The quantitative estimate of drug-likeness (QED) is 0.812. The van der Waals surface area contributed by atoms with Crippen LogP contribution >= 0.6 is 11.3 Å². The number of aryl methyl sites for hydroxylation is 1. The average molecular weight is 207 g/mol. The second-order valence-electron chi connectivity index (χ2n) is 3.25. The maximum absolute atomic E-state index is 4.13. The molecule has 0 aliphatic carbocycles. The van der Waals surface area contributed by atoms with Gasteiger partial charge in [0, 0.05) is 22.1 Å². The minimum absolute atomic E-state index is 0.305. The number of aromatic amines is 1. The van der Waals surface area contributed by atoms with E-state index in [9.17, 15) is 0 Å². The van der Waals surface area contributed by atoms with Crippen molar-refractivity contribution in [2.45, 2.75) is 19.9 Å². The van der Waals surface area contributed by atoms with Gasteiger partial charge in [0.1, 0.15) is 0 Å². The van der Waals surface area contributed by atoms with E-state index < -0.39 is 0 Å². The van der Waals surface area contributed by atoms with Gasteiger partial charge in [-0.15, -0.1) is 11.3 Å². The second-order valence-corrected chi connectivity index (χ2v) is 4.57. The number of nitrogens with one attached hydrogen (secondary N) is 2. The number of aromatic nitrogens is 2. The van der Waals surface area contributed by atoms with Crippen molar-refractivity contribution in [3.05, 3.63) is 34.3 Å². The molecule has 2 rings (SSSR count). The summed E-state index contributed by atoms with van der Waals surface area (Å²) in [5, 5.41) is 3.30. The van der Waals surface area contributed by atoms with Crippen LogP contribution < -0.4 is 5.32 Å². The van der Waals surface area contributed by atoms with Crippen molar-refractivity contribution in [1.29, 1.82) is 0 Å². The molecule has 3 nitrogen and oxygen atoms in total. The Bertz CT molecular complexity index is 391. The molecule has 14 heavy (non-hydrogen) atoms. The van der Waals surface area contributed by atoms with Crippen LogP contribution in [0.25, 0.3) is 0 Å². The lowest BCUT2D eigenvalue weighted by molar-refractivity contribution is 0.888. The van der Waals surface area contributed by atoms with Crippen LogP contribution in [0.15, 0.2) is 24.5 Å². The lowest BCUT2D eigenvalue weighted by atomic mass is 10.3. The number of hydrogen-bond donors (Lipinski definition) is 2. The lowest BCUT2D eigenvalue weighted by Crippen LogP contribution is -2.05. The molecular weight excluding hydrogens is 194 g/mol. The topological polar surface area (TPSA) is 40.7 Å². The predicted octanol–water partition coefficient (Wildman–Crippen LogP) is 2.95. The third-order valence-corrected chi connectivity index (χ3v) is 3.22. The molecule has 0 bridgehead atoms. The van der Waals surface area contributed by atoms with Gasteiger partial charge in [-0.05, 0) is 26.0 Å². The minimum Gasteiger partial charge on any atom is -0.348 e. The third kappa shape index (κ3) is 1.96. The molecule has 2 heterocycles. The standard InChI is InChI=1S/C10H13N3S/c1-7-3-4-9(14-7)8(2)13-10-11-5-6-12-10/h3-6,8H,1-2H3,(H2,11,12,13). The van der Waals surface area contributed by atoms with E-state index in [0.29, 0.717) is 6.04 Å². The van der Waals surface area contributed by atoms with Gasteiger partial charge in [0.2, 0.25) is 5.95 Å². The van der Waals surface area contributed by atoms with Gasteiger partial charge in [-0.2, -0.15) is 0 Å². The Hall–Kier alpha value is -1.29. The molecule has 0 saturated carbocycles. The van der Waals surface area contributed by atoms with Gasteiger partial charge in [-0.3, -0.25) is 0 Å². The van der Waals surface area contributed by atoms with Crippen molar-refractivity contribution in [3.63, 3.8) is 0 Å². The van der Waals surface area contributed by atoms with Crippen molar-refractivity contribution < 1.29 is 0 Å². The fraction of sp³-hybridized carbons (Fsp3) is 0.300. The van der Waals surface area contributed by atoms with E-state index in [2.05, 4.69) is 41.3 Å². The largest absolute Gasteiger partial charge is 0.348 e. The third-order valence-electron chi connectivity index (χ3n) is 2.04. The predicted molar refractivity (Wildman–Crippen MR) is 59.7 cm³/mol. The molecule has 0 fully saturated rings. The molecule has 2 aromatic rings. The molecule has 0 spiro atoms. The van der Waals surface area contributed by atoms with Gasteiger partial charge in [-0.25, -0.2) is 4.98 Å². The van der Waals surface area contributed by atoms with Crippen LogP contribution in [0.4, 0.5) is 5.95 Å². The van der Waals surface area contributed by atoms with Gasteiger partial charge in [0.15, 0.2) is 0 Å². The normalized spacial score (nSPS) is 12.7. The highest BCUT2D eigenvalue weighted by molar-refractivity contribution is 7.12. The Labute approximate surface area is 87.2 Å². The van der Waals surface area contributed by atoms with Crippen molar-refractivity contribution >= 4 is 17.3 Å². The summed E-state index contributed by atoms with van der Waals surface area (Å²) in [6.07, 6.45) is 3.56. The molecule has 2 aromatic heterocycles. The molecule has 2 N–H and O–H groups in total. The number of H-pyrrole nitrogens is 1. The zero-order chi connectivity index (χ0) is 9.97. The highest BCUT2D eigenvalue weighted by atomic mass is 32.1. The van der Waals surface area contributed by atoms with Crippen LogP contribution in [0.5, 0.6) is 0 Å². The zero-order valence-electron chi connectivity index (χ0n) is 8.24. The first-order valence-electron chi connectivity index (χ1n) is 4.58. The summed E-state index contributed by atoms with van der Waals surface area (Å²) in [7, 11) is 0. The fourth-order valence-corrected chi connectivity index (χ4v) is 2.19. The number of imidazole rings is 1. The summed E-state index contributed by atoms with van der Waals surface area (Å²) < 4.78 is 0. The molecule has 0 aliphatic rings. The van der Waals surface area contributed by atoms with Crippen LogP contribution in [-0.2, 0) is 0 Å². The van der Waals surface area contributed by atoms with Gasteiger partial charge in [0.25, 0.3) is 0 Å². The van der Waals surface area contributed by atoms with Crippen molar-refractivity contribution in [1.82, 2.24) is 9.97 Å².